The summed E-state index contributed by atoms with van der Waals surface area (Å²) in [7, 11) is 3.27. The molecule has 0 spiro atoms. The average molecular weight is 384 g/mol. The van der Waals surface area contributed by atoms with Gasteiger partial charge in [0.15, 0.2) is 0 Å². The Morgan fingerprint density at radius 1 is 1.11 bits per heavy atom. The first-order valence-corrected chi connectivity index (χ1v) is 9.51. The Morgan fingerprint density at radius 3 is 2.46 bits per heavy atom. The molecule has 0 saturated carbocycles. The number of nitrogens with one attached hydrogen (secondary N) is 1. The minimum atomic E-state index is -0.106. The number of hydrogen-bond acceptors (Lipinski definition) is 5. The number of benzene rings is 2. The topological polar surface area (TPSA) is 60.0 Å². The molecule has 0 radical (unpaired) electrons. The van der Waals surface area contributed by atoms with E-state index in [9.17, 15) is 4.79 Å². The number of methoxy groups -OCH3 is 2. The fourth-order valence-corrected chi connectivity index (χ4v) is 3.43. The van der Waals surface area contributed by atoms with Crippen LogP contribution < -0.4 is 14.8 Å². The van der Waals surface area contributed by atoms with Gasteiger partial charge in [-0.25, -0.2) is 0 Å². The van der Waals surface area contributed by atoms with Crippen LogP contribution >= 0.6 is 0 Å². The molecule has 6 heteroatoms. The second-order valence-corrected chi connectivity index (χ2v) is 6.83. The van der Waals surface area contributed by atoms with Crippen molar-refractivity contribution in [3.63, 3.8) is 0 Å². The maximum absolute atomic E-state index is 12.7. The highest BCUT2D eigenvalue weighted by molar-refractivity contribution is 5.94. The molecule has 0 aromatic heterocycles. The monoisotopic (exact) mass is 384 g/mol. The molecule has 150 valence electrons. The van der Waals surface area contributed by atoms with Crippen LogP contribution in [0.5, 0.6) is 11.5 Å². The van der Waals surface area contributed by atoms with Crippen LogP contribution in [0.25, 0.3) is 0 Å². The quantitative estimate of drug-likeness (QED) is 0.795. The summed E-state index contributed by atoms with van der Waals surface area (Å²) in [5, 5.41) is 3.09. The molecule has 6 nitrogen and oxygen atoms in total. The van der Waals surface area contributed by atoms with E-state index in [2.05, 4.69) is 22.3 Å². The molecule has 0 aliphatic carbocycles. The van der Waals surface area contributed by atoms with Crippen molar-refractivity contribution in [1.82, 2.24) is 10.2 Å². The lowest BCUT2D eigenvalue weighted by molar-refractivity contribution is 0.0162. The zero-order valence-corrected chi connectivity index (χ0v) is 16.7. The molecular weight excluding hydrogens is 356 g/mol. The Bertz CT molecular complexity index is 786. The lowest BCUT2D eigenvalue weighted by Crippen LogP contribution is -2.43. The van der Waals surface area contributed by atoms with Gasteiger partial charge in [0.2, 0.25) is 0 Å². The molecule has 1 aliphatic heterocycles. The molecule has 1 amide bonds. The Kier molecular flexibility index (Phi) is 6.90. The van der Waals surface area contributed by atoms with E-state index in [0.29, 0.717) is 31.1 Å². The van der Waals surface area contributed by atoms with Crippen molar-refractivity contribution in [3.8, 4) is 11.5 Å². The number of carbonyl (C=O) groups excluding carboxylic acids is 1. The van der Waals surface area contributed by atoms with Gasteiger partial charge in [-0.3, -0.25) is 9.69 Å². The van der Waals surface area contributed by atoms with E-state index in [1.54, 1.807) is 20.3 Å². The summed E-state index contributed by atoms with van der Waals surface area (Å²) in [5.41, 5.74) is 2.74. The third-order valence-electron chi connectivity index (χ3n) is 5.11. The van der Waals surface area contributed by atoms with E-state index in [4.69, 9.17) is 14.2 Å². The van der Waals surface area contributed by atoms with Gasteiger partial charge in [-0.15, -0.1) is 0 Å². The van der Waals surface area contributed by atoms with Crippen molar-refractivity contribution in [2.75, 3.05) is 47.1 Å². The van der Waals surface area contributed by atoms with Gasteiger partial charge >= 0.3 is 0 Å². The fourth-order valence-electron chi connectivity index (χ4n) is 3.43. The van der Waals surface area contributed by atoms with Crippen LogP contribution in [0.1, 0.15) is 27.5 Å². The van der Waals surface area contributed by atoms with E-state index in [1.165, 1.54) is 0 Å². The number of aryl methyl sites for hydroxylation is 1. The van der Waals surface area contributed by atoms with Crippen LogP contribution in [-0.4, -0.2) is 57.9 Å². The highest BCUT2D eigenvalue weighted by Crippen LogP contribution is 2.24. The molecule has 0 bridgehead atoms. The summed E-state index contributed by atoms with van der Waals surface area (Å²) in [4.78, 5) is 15.1. The zero-order chi connectivity index (χ0) is 19.9. The number of morpholine rings is 1. The molecule has 1 heterocycles. The molecular formula is C22H28N2O4. The maximum atomic E-state index is 12.7. The molecule has 1 saturated heterocycles. The molecule has 1 N–H and O–H groups in total. The van der Waals surface area contributed by atoms with Crippen LogP contribution in [0, 0.1) is 6.92 Å². The molecule has 1 atom stereocenters. The van der Waals surface area contributed by atoms with Gasteiger partial charge in [-0.1, -0.05) is 18.2 Å². The van der Waals surface area contributed by atoms with E-state index in [0.717, 1.165) is 30.0 Å². The zero-order valence-electron chi connectivity index (χ0n) is 16.7. The van der Waals surface area contributed by atoms with Crippen molar-refractivity contribution in [3.05, 3.63) is 59.2 Å². The summed E-state index contributed by atoms with van der Waals surface area (Å²) in [6.07, 6.45) is 0. The third-order valence-corrected chi connectivity index (χ3v) is 5.11. The van der Waals surface area contributed by atoms with Crippen molar-refractivity contribution >= 4 is 5.91 Å². The molecule has 2 aromatic carbocycles. The Balaban J connectivity index is 1.74. The van der Waals surface area contributed by atoms with Crippen LogP contribution in [-0.2, 0) is 4.74 Å². The first kappa shape index (κ1) is 20.2. The SMILES string of the molecule is COc1ccc(C(CNC(=O)c2ccc(C)c(OC)c2)N2CCOCC2)cc1. The lowest BCUT2D eigenvalue weighted by atomic mass is 10.0. The minimum absolute atomic E-state index is 0.0751. The Hall–Kier alpha value is -2.57. The Morgan fingerprint density at radius 2 is 1.82 bits per heavy atom. The van der Waals surface area contributed by atoms with Crippen molar-refractivity contribution in [1.29, 1.82) is 0 Å². The van der Waals surface area contributed by atoms with Gasteiger partial charge in [0.05, 0.1) is 33.5 Å². The van der Waals surface area contributed by atoms with Crippen molar-refractivity contribution < 1.29 is 19.0 Å². The number of carbonyl (C=O) groups is 1. The van der Waals surface area contributed by atoms with Gasteiger partial charge in [0, 0.05) is 25.2 Å². The van der Waals surface area contributed by atoms with Gasteiger partial charge in [0.1, 0.15) is 11.5 Å². The molecule has 2 aromatic rings. The van der Waals surface area contributed by atoms with Crippen LogP contribution in [0.3, 0.4) is 0 Å². The second-order valence-electron chi connectivity index (χ2n) is 6.83. The number of amides is 1. The lowest BCUT2D eigenvalue weighted by Gasteiger charge is -2.35. The van der Waals surface area contributed by atoms with Gasteiger partial charge in [-0.2, -0.15) is 0 Å². The Labute approximate surface area is 166 Å². The standard InChI is InChI=1S/C22H28N2O4/c1-16-4-5-18(14-21(16)27-3)22(25)23-15-20(24-10-12-28-13-11-24)17-6-8-19(26-2)9-7-17/h4-9,14,20H,10-13,15H2,1-3H3,(H,23,25). The maximum Gasteiger partial charge on any atom is 0.251 e. The number of nitrogens with zero attached hydrogens (tertiary/aromatic N) is 1. The summed E-state index contributed by atoms with van der Waals surface area (Å²) in [6, 6.07) is 13.6. The highest BCUT2D eigenvalue weighted by Gasteiger charge is 2.23. The average Bonchev–Trinajstić information content (AvgIpc) is 2.75. The molecule has 28 heavy (non-hydrogen) atoms. The first-order chi connectivity index (χ1) is 13.6. The molecule has 1 unspecified atom stereocenters. The van der Waals surface area contributed by atoms with E-state index in [-0.39, 0.29) is 11.9 Å². The highest BCUT2D eigenvalue weighted by atomic mass is 16.5. The van der Waals surface area contributed by atoms with E-state index >= 15 is 0 Å². The third kappa shape index (κ3) is 4.82. The van der Waals surface area contributed by atoms with Crippen molar-refractivity contribution in [2.24, 2.45) is 0 Å². The second kappa shape index (κ2) is 9.57. The molecule has 1 aliphatic rings. The van der Waals surface area contributed by atoms with Crippen LogP contribution in [0.15, 0.2) is 42.5 Å². The summed E-state index contributed by atoms with van der Waals surface area (Å²) >= 11 is 0. The number of hydrogen-bond donors (Lipinski definition) is 1. The smallest absolute Gasteiger partial charge is 0.251 e. The molecule has 1 fully saturated rings. The van der Waals surface area contributed by atoms with E-state index < -0.39 is 0 Å². The number of ether oxygens (including phenoxy) is 3. The van der Waals surface area contributed by atoms with E-state index in [1.807, 2.05) is 31.2 Å². The van der Waals surface area contributed by atoms with Crippen LogP contribution in [0.4, 0.5) is 0 Å². The largest absolute Gasteiger partial charge is 0.497 e. The summed E-state index contributed by atoms with van der Waals surface area (Å²) in [5.74, 6) is 1.43. The van der Waals surface area contributed by atoms with Crippen molar-refractivity contribution in [2.45, 2.75) is 13.0 Å². The normalized spacial score (nSPS) is 15.7. The van der Waals surface area contributed by atoms with Gasteiger partial charge < -0.3 is 19.5 Å². The van der Waals surface area contributed by atoms with Gasteiger partial charge in [0.25, 0.3) is 5.91 Å². The molecule has 3 rings (SSSR count). The minimum Gasteiger partial charge on any atom is -0.497 e. The predicted octanol–water partition coefficient (Wildman–Crippen LogP) is 2.82. The number of rotatable bonds is 7. The fraction of sp³-hybridized carbons (Fsp3) is 0.409. The summed E-state index contributed by atoms with van der Waals surface area (Å²) in [6.45, 7) is 5.56. The first-order valence-electron chi connectivity index (χ1n) is 9.51. The van der Waals surface area contributed by atoms with Gasteiger partial charge in [-0.05, 0) is 42.3 Å². The summed E-state index contributed by atoms with van der Waals surface area (Å²) < 4.78 is 16.1. The van der Waals surface area contributed by atoms with Crippen LogP contribution in [0.2, 0.25) is 0 Å². The predicted molar refractivity (Wildman–Crippen MR) is 108 cm³/mol.